The number of carbonyl (C=O) groups excluding carboxylic acids is 1. The Hall–Kier alpha value is -1.55. The molecule has 0 aromatic heterocycles. The zero-order chi connectivity index (χ0) is 14.5. The SMILES string of the molecule is CC(Oc1ccccc1)C(=O)N1CCCC(C(C)O)C1. The topological polar surface area (TPSA) is 49.8 Å². The molecule has 1 amide bonds. The molecule has 0 spiro atoms. The highest BCUT2D eigenvalue weighted by atomic mass is 16.5. The summed E-state index contributed by atoms with van der Waals surface area (Å²) in [4.78, 5) is 14.2. The summed E-state index contributed by atoms with van der Waals surface area (Å²) in [6, 6.07) is 9.38. The van der Waals surface area contributed by atoms with Crippen molar-refractivity contribution in [2.45, 2.75) is 38.9 Å². The molecule has 1 fully saturated rings. The minimum Gasteiger partial charge on any atom is -0.481 e. The quantitative estimate of drug-likeness (QED) is 0.916. The van der Waals surface area contributed by atoms with Crippen LogP contribution in [0.5, 0.6) is 5.75 Å². The maximum absolute atomic E-state index is 12.4. The second-order valence-corrected chi connectivity index (χ2v) is 5.50. The van der Waals surface area contributed by atoms with Crippen molar-refractivity contribution in [2.75, 3.05) is 13.1 Å². The molecule has 0 aliphatic carbocycles. The van der Waals surface area contributed by atoms with Gasteiger partial charge in [0.15, 0.2) is 6.10 Å². The first-order valence-electron chi connectivity index (χ1n) is 7.26. The van der Waals surface area contributed by atoms with Gasteiger partial charge in [0.1, 0.15) is 5.75 Å². The largest absolute Gasteiger partial charge is 0.481 e. The van der Waals surface area contributed by atoms with Crippen LogP contribution in [0.4, 0.5) is 0 Å². The fraction of sp³-hybridized carbons (Fsp3) is 0.562. The van der Waals surface area contributed by atoms with Crippen molar-refractivity contribution in [3.8, 4) is 5.75 Å². The van der Waals surface area contributed by atoms with E-state index in [4.69, 9.17) is 4.74 Å². The van der Waals surface area contributed by atoms with E-state index in [1.807, 2.05) is 35.2 Å². The van der Waals surface area contributed by atoms with Gasteiger partial charge in [-0.05, 0) is 38.8 Å². The highest BCUT2D eigenvalue weighted by Gasteiger charge is 2.29. The molecule has 3 unspecified atom stereocenters. The van der Waals surface area contributed by atoms with Crippen molar-refractivity contribution in [3.63, 3.8) is 0 Å². The molecule has 2 rings (SSSR count). The van der Waals surface area contributed by atoms with Gasteiger partial charge in [0, 0.05) is 19.0 Å². The number of rotatable bonds is 4. The monoisotopic (exact) mass is 277 g/mol. The molecule has 20 heavy (non-hydrogen) atoms. The van der Waals surface area contributed by atoms with E-state index in [1.54, 1.807) is 13.8 Å². The number of amides is 1. The molecule has 0 radical (unpaired) electrons. The average Bonchev–Trinajstić information content (AvgIpc) is 2.47. The molecule has 1 aromatic carbocycles. The Balaban J connectivity index is 1.93. The Morgan fingerprint density at radius 1 is 1.35 bits per heavy atom. The Morgan fingerprint density at radius 2 is 2.05 bits per heavy atom. The molecule has 1 aliphatic rings. The van der Waals surface area contributed by atoms with Crippen molar-refractivity contribution >= 4 is 5.91 Å². The minimum absolute atomic E-state index is 0.000738. The van der Waals surface area contributed by atoms with E-state index in [2.05, 4.69) is 0 Å². The maximum atomic E-state index is 12.4. The molecule has 0 bridgehead atoms. The van der Waals surface area contributed by atoms with Crippen LogP contribution in [0.15, 0.2) is 30.3 Å². The van der Waals surface area contributed by atoms with Gasteiger partial charge in [-0.2, -0.15) is 0 Å². The second kappa shape index (κ2) is 6.75. The first-order valence-corrected chi connectivity index (χ1v) is 7.26. The molecule has 0 saturated carbocycles. The lowest BCUT2D eigenvalue weighted by Gasteiger charge is -2.35. The van der Waals surface area contributed by atoms with Crippen LogP contribution in [0.3, 0.4) is 0 Å². The number of likely N-dealkylation sites (tertiary alicyclic amines) is 1. The highest BCUT2D eigenvalue weighted by Crippen LogP contribution is 2.21. The second-order valence-electron chi connectivity index (χ2n) is 5.50. The van der Waals surface area contributed by atoms with Crippen LogP contribution in [-0.2, 0) is 4.79 Å². The number of hydrogen-bond donors (Lipinski definition) is 1. The molecule has 3 atom stereocenters. The average molecular weight is 277 g/mol. The Morgan fingerprint density at radius 3 is 2.70 bits per heavy atom. The summed E-state index contributed by atoms with van der Waals surface area (Å²) in [7, 11) is 0. The lowest BCUT2D eigenvalue weighted by molar-refractivity contribution is -0.140. The third kappa shape index (κ3) is 3.73. The lowest BCUT2D eigenvalue weighted by atomic mass is 9.93. The molecule has 4 nitrogen and oxygen atoms in total. The van der Waals surface area contributed by atoms with Gasteiger partial charge >= 0.3 is 0 Å². The van der Waals surface area contributed by atoms with Crippen molar-refractivity contribution in [1.29, 1.82) is 0 Å². The summed E-state index contributed by atoms with van der Waals surface area (Å²) in [6.45, 7) is 4.95. The third-order valence-electron chi connectivity index (χ3n) is 3.86. The summed E-state index contributed by atoms with van der Waals surface area (Å²) in [5.74, 6) is 0.883. The Kier molecular flexibility index (Phi) is 5.01. The Bertz CT molecular complexity index is 433. The van der Waals surface area contributed by atoms with Crippen LogP contribution in [0.2, 0.25) is 0 Å². The highest BCUT2D eigenvalue weighted by molar-refractivity contribution is 5.81. The molecule has 4 heteroatoms. The first-order chi connectivity index (χ1) is 9.58. The van der Waals surface area contributed by atoms with Gasteiger partial charge in [0.2, 0.25) is 0 Å². The summed E-state index contributed by atoms with van der Waals surface area (Å²) in [6.07, 6.45) is 1.07. The molecular formula is C16H23NO3. The van der Waals surface area contributed by atoms with Gasteiger partial charge in [-0.1, -0.05) is 18.2 Å². The number of aliphatic hydroxyl groups is 1. The minimum atomic E-state index is -0.495. The van der Waals surface area contributed by atoms with Gasteiger partial charge < -0.3 is 14.7 Å². The third-order valence-corrected chi connectivity index (χ3v) is 3.86. The molecule has 110 valence electrons. The number of piperidine rings is 1. The summed E-state index contributed by atoms with van der Waals surface area (Å²) in [5, 5.41) is 9.68. The van der Waals surface area contributed by atoms with E-state index in [0.29, 0.717) is 12.3 Å². The first kappa shape index (κ1) is 14.9. The summed E-state index contributed by atoms with van der Waals surface area (Å²) >= 11 is 0. The Labute approximate surface area is 120 Å². The summed E-state index contributed by atoms with van der Waals surface area (Å²) < 4.78 is 5.67. The number of hydrogen-bond acceptors (Lipinski definition) is 3. The zero-order valence-electron chi connectivity index (χ0n) is 12.2. The van der Waals surface area contributed by atoms with Crippen molar-refractivity contribution < 1.29 is 14.6 Å². The number of carbonyl (C=O) groups is 1. The van der Waals surface area contributed by atoms with Gasteiger partial charge in [-0.15, -0.1) is 0 Å². The van der Waals surface area contributed by atoms with Crippen LogP contribution in [0.1, 0.15) is 26.7 Å². The van der Waals surface area contributed by atoms with Gasteiger partial charge in [-0.25, -0.2) is 0 Å². The zero-order valence-corrected chi connectivity index (χ0v) is 12.2. The van der Waals surface area contributed by atoms with E-state index >= 15 is 0 Å². The lowest BCUT2D eigenvalue weighted by Crippen LogP contribution is -2.47. The number of nitrogens with zero attached hydrogens (tertiary/aromatic N) is 1. The summed E-state index contributed by atoms with van der Waals surface area (Å²) in [5.41, 5.74) is 0. The van der Waals surface area contributed by atoms with Crippen LogP contribution in [-0.4, -0.2) is 41.2 Å². The normalized spacial score (nSPS) is 22.1. The maximum Gasteiger partial charge on any atom is 0.263 e. The molecule has 1 N–H and O–H groups in total. The van der Waals surface area contributed by atoms with E-state index in [-0.39, 0.29) is 17.9 Å². The molecule has 1 aliphatic heterocycles. The van der Waals surface area contributed by atoms with Crippen LogP contribution in [0.25, 0.3) is 0 Å². The van der Waals surface area contributed by atoms with Crippen molar-refractivity contribution in [1.82, 2.24) is 4.90 Å². The van der Waals surface area contributed by atoms with Gasteiger partial charge in [0.25, 0.3) is 5.91 Å². The van der Waals surface area contributed by atoms with Crippen LogP contribution >= 0.6 is 0 Å². The van der Waals surface area contributed by atoms with E-state index in [1.165, 1.54) is 0 Å². The van der Waals surface area contributed by atoms with Gasteiger partial charge in [0.05, 0.1) is 6.10 Å². The molecular weight excluding hydrogens is 254 g/mol. The predicted molar refractivity (Wildman–Crippen MR) is 77.5 cm³/mol. The number of aliphatic hydroxyl groups excluding tert-OH is 1. The molecule has 1 aromatic rings. The van der Waals surface area contributed by atoms with E-state index in [9.17, 15) is 9.90 Å². The number of para-hydroxylation sites is 1. The fourth-order valence-electron chi connectivity index (χ4n) is 2.61. The number of ether oxygens (including phenoxy) is 1. The standard InChI is InChI=1S/C16H23NO3/c1-12(18)14-7-6-10-17(11-14)16(19)13(2)20-15-8-4-3-5-9-15/h3-5,8-9,12-14,18H,6-7,10-11H2,1-2H3. The van der Waals surface area contributed by atoms with E-state index in [0.717, 1.165) is 19.4 Å². The predicted octanol–water partition coefficient (Wildman–Crippen LogP) is 2.07. The van der Waals surface area contributed by atoms with Crippen LogP contribution < -0.4 is 4.74 Å². The van der Waals surface area contributed by atoms with E-state index < -0.39 is 6.10 Å². The smallest absolute Gasteiger partial charge is 0.263 e. The van der Waals surface area contributed by atoms with Gasteiger partial charge in [-0.3, -0.25) is 4.79 Å². The van der Waals surface area contributed by atoms with Crippen molar-refractivity contribution in [2.24, 2.45) is 5.92 Å². The molecule has 1 heterocycles. The fourth-order valence-corrected chi connectivity index (χ4v) is 2.61. The van der Waals surface area contributed by atoms with Crippen LogP contribution in [0, 0.1) is 5.92 Å². The number of benzene rings is 1. The van der Waals surface area contributed by atoms with Crippen molar-refractivity contribution in [3.05, 3.63) is 30.3 Å². The molecule has 1 saturated heterocycles.